The molecule has 0 spiro atoms. The summed E-state index contributed by atoms with van der Waals surface area (Å²) in [7, 11) is 1.92. The average Bonchev–Trinajstić information content (AvgIpc) is 3.32. The van der Waals surface area contributed by atoms with E-state index in [1.54, 1.807) is 11.2 Å². The van der Waals surface area contributed by atoms with E-state index in [-0.39, 0.29) is 17.7 Å². The van der Waals surface area contributed by atoms with Crippen LogP contribution < -0.4 is 0 Å². The Morgan fingerprint density at radius 2 is 2.11 bits per heavy atom. The SMILES string of the molecule is CN(C[C@@H]1CCCN2CCCC[C@@H]12)C(=O)[C@@H]1CC(=O)N(Cc2ccco2)C1. The van der Waals surface area contributed by atoms with Crippen LogP contribution in [0.25, 0.3) is 0 Å². The molecule has 3 saturated heterocycles. The molecule has 0 aliphatic carbocycles. The van der Waals surface area contributed by atoms with Crippen LogP contribution in [0.3, 0.4) is 0 Å². The summed E-state index contributed by atoms with van der Waals surface area (Å²) in [4.78, 5) is 31.6. The largest absolute Gasteiger partial charge is 0.467 e. The average molecular weight is 373 g/mol. The fourth-order valence-corrected chi connectivity index (χ4v) is 5.22. The molecule has 2 amide bonds. The number of carbonyl (C=O) groups excluding carboxylic acids is 2. The van der Waals surface area contributed by atoms with E-state index in [0.29, 0.717) is 31.5 Å². The van der Waals surface area contributed by atoms with Gasteiger partial charge < -0.3 is 19.1 Å². The lowest BCUT2D eigenvalue weighted by molar-refractivity contribution is -0.135. The number of likely N-dealkylation sites (tertiary alicyclic amines) is 1. The molecular weight excluding hydrogens is 342 g/mol. The van der Waals surface area contributed by atoms with Crippen LogP contribution in [0.2, 0.25) is 0 Å². The zero-order valence-electron chi connectivity index (χ0n) is 16.3. The number of amides is 2. The molecule has 3 aliphatic rings. The Labute approximate surface area is 161 Å². The third kappa shape index (κ3) is 4.05. The highest BCUT2D eigenvalue weighted by atomic mass is 16.3. The van der Waals surface area contributed by atoms with Crippen molar-refractivity contribution in [3.05, 3.63) is 24.2 Å². The molecule has 3 fully saturated rings. The van der Waals surface area contributed by atoms with Crippen molar-refractivity contribution in [2.75, 3.05) is 33.2 Å². The molecule has 4 rings (SSSR count). The fourth-order valence-electron chi connectivity index (χ4n) is 5.22. The van der Waals surface area contributed by atoms with Crippen LogP contribution in [0.1, 0.15) is 44.3 Å². The minimum atomic E-state index is -0.219. The highest BCUT2D eigenvalue weighted by molar-refractivity contribution is 5.89. The first-order valence-corrected chi connectivity index (χ1v) is 10.4. The van der Waals surface area contributed by atoms with Gasteiger partial charge in [-0.2, -0.15) is 0 Å². The summed E-state index contributed by atoms with van der Waals surface area (Å²) in [6, 6.07) is 4.34. The van der Waals surface area contributed by atoms with Gasteiger partial charge in [0.1, 0.15) is 5.76 Å². The van der Waals surface area contributed by atoms with Gasteiger partial charge in [-0.15, -0.1) is 0 Å². The molecule has 1 aromatic heterocycles. The van der Waals surface area contributed by atoms with Gasteiger partial charge in [0.2, 0.25) is 11.8 Å². The van der Waals surface area contributed by atoms with Gasteiger partial charge in [-0.05, 0) is 56.8 Å². The molecule has 4 heterocycles. The third-order valence-electron chi connectivity index (χ3n) is 6.60. The lowest BCUT2D eigenvalue weighted by Gasteiger charge is -2.45. The van der Waals surface area contributed by atoms with E-state index in [2.05, 4.69) is 4.90 Å². The van der Waals surface area contributed by atoms with Gasteiger partial charge in [0.25, 0.3) is 0 Å². The quantitative estimate of drug-likeness (QED) is 0.795. The van der Waals surface area contributed by atoms with Crippen LogP contribution >= 0.6 is 0 Å². The van der Waals surface area contributed by atoms with Gasteiger partial charge in [-0.1, -0.05) is 6.42 Å². The molecular formula is C21H31N3O3. The highest BCUT2D eigenvalue weighted by Crippen LogP contribution is 2.32. The van der Waals surface area contributed by atoms with Gasteiger partial charge >= 0.3 is 0 Å². The van der Waals surface area contributed by atoms with Crippen molar-refractivity contribution in [2.45, 2.75) is 51.1 Å². The van der Waals surface area contributed by atoms with E-state index in [0.717, 1.165) is 12.3 Å². The number of nitrogens with zero attached hydrogens (tertiary/aromatic N) is 3. The molecule has 0 aromatic carbocycles. The van der Waals surface area contributed by atoms with E-state index < -0.39 is 0 Å². The molecule has 3 aliphatic heterocycles. The van der Waals surface area contributed by atoms with E-state index in [1.165, 1.54) is 45.2 Å². The highest BCUT2D eigenvalue weighted by Gasteiger charge is 2.38. The Morgan fingerprint density at radius 3 is 2.93 bits per heavy atom. The summed E-state index contributed by atoms with van der Waals surface area (Å²) >= 11 is 0. The standard InChI is InChI=1S/C21H31N3O3/c1-22(13-16-6-4-10-23-9-3-2-8-19(16)23)21(26)17-12-20(25)24(14-17)15-18-7-5-11-27-18/h5,7,11,16-17,19H,2-4,6,8-10,12-15H2,1H3/t16-,17+,19-/m0/s1. The predicted octanol–water partition coefficient (Wildman–Crippen LogP) is 2.35. The maximum absolute atomic E-state index is 13.0. The minimum Gasteiger partial charge on any atom is -0.467 e. The van der Waals surface area contributed by atoms with Crippen molar-refractivity contribution < 1.29 is 14.0 Å². The van der Waals surface area contributed by atoms with Gasteiger partial charge in [-0.25, -0.2) is 0 Å². The number of rotatable bonds is 5. The maximum atomic E-state index is 13.0. The second-order valence-corrected chi connectivity index (χ2v) is 8.47. The van der Waals surface area contributed by atoms with Gasteiger partial charge in [0.05, 0.1) is 18.7 Å². The zero-order valence-corrected chi connectivity index (χ0v) is 16.3. The Hall–Kier alpha value is -1.82. The van der Waals surface area contributed by atoms with Crippen molar-refractivity contribution >= 4 is 11.8 Å². The molecule has 0 unspecified atom stereocenters. The van der Waals surface area contributed by atoms with Crippen LogP contribution in [0.15, 0.2) is 22.8 Å². The van der Waals surface area contributed by atoms with Crippen molar-refractivity contribution in [2.24, 2.45) is 11.8 Å². The van der Waals surface area contributed by atoms with Crippen LogP contribution in [0, 0.1) is 11.8 Å². The summed E-state index contributed by atoms with van der Waals surface area (Å²) in [6.07, 6.45) is 8.29. The van der Waals surface area contributed by atoms with Crippen molar-refractivity contribution in [3.63, 3.8) is 0 Å². The molecule has 3 atom stereocenters. The van der Waals surface area contributed by atoms with E-state index >= 15 is 0 Å². The monoisotopic (exact) mass is 373 g/mol. The second kappa shape index (κ2) is 8.05. The Kier molecular flexibility index (Phi) is 5.53. The molecule has 27 heavy (non-hydrogen) atoms. The van der Waals surface area contributed by atoms with Crippen molar-refractivity contribution in [3.8, 4) is 0 Å². The predicted molar refractivity (Wildman–Crippen MR) is 102 cm³/mol. The zero-order chi connectivity index (χ0) is 18.8. The number of hydrogen-bond acceptors (Lipinski definition) is 4. The Balaban J connectivity index is 1.33. The molecule has 1 aromatic rings. The van der Waals surface area contributed by atoms with Crippen LogP contribution in [-0.4, -0.2) is 65.8 Å². The number of piperidine rings is 2. The lowest BCUT2D eigenvalue weighted by Crippen LogP contribution is -2.51. The van der Waals surface area contributed by atoms with Gasteiger partial charge in [-0.3, -0.25) is 9.59 Å². The van der Waals surface area contributed by atoms with Gasteiger partial charge in [0, 0.05) is 32.6 Å². The summed E-state index contributed by atoms with van der Waals surface area (Å²) in [5, 5.41) is 0. The van der Waals surface area contributed by atoms with Crippen molar-refractivity contribution in [1.29, 1.82) is 0 Å². The number of fused-ring (bicyclic) bond motifs is 1. The molecule has 6 heteroatoms. The van der Waals surface area contributed by atoms with Crippen LogP contribution in [-0.2, 0) is 16.1 Å². The molecule has 148 valence electrons. The second-order valence-electron chi connectivity index (χ2n) is 8.47. The van der Waals surface area contributed by atoms with Crippen LogP contribution in [0.5, 0.6) is 0 Å². The Morgan fingerprint density at radius 1 is 1.26 bits per heavy atom. The topological polar surface area (TPSA) is 57.0 Å². The van der Waals surface area contributed by atoms with Gasteiger partial charge in [0.15, 0.2) is 0 Å². The summed E-state index contributed by atoms with van der Waals surface area (Å²) in [5.41, 5.74) is 0. The molecule has 0 radical (unpaired) electrons. The first-order chi connectivity index (χ1) is 13.1. The minimum absolute atomic E-state index is 0.0503. The normalized spacial score (nSPS) is 29.0. The summed E-state index contributed by atoms with van der Waals surface area (Å²) in [5.74, 6) is 1.30. The smallest absolute Gasteiger partial charge is 0.227 e. The number of furan rings is 1. The van der Waals surface area contributed by atoms with E-state index in [1.807, 2.05) is 24.1 Å². The molecule has 6 nitrogen and oxygen atoms in total. The van der Waals surface area contributed by atoms with Crippen LogP contribution in [0.4, 0.5) is 0 Å². The lowest BCUT2D eigenvalue weighted by atomic mass is 9.83. The molecule has 0 N–H and O–H groups in total. The summed E-state index contributed by atoms with van der Waals surface area (Å²) < 4.78 is 5.34. The number of carbonyl (C=O) groups is 2. The summed E-state index contributed by atoms with van der Waals surface area (Å²) in [6.45, 7) is 4.22. The number of hydrogen-bond donors (Lipinski definition) is 0. The first kappa shape index (κ1) is 18.5. The van der Waals surface area contributed by atoms with E-state index in [9.17, 15) is 9.59 Å². The van der Waals surface area contributed by atoms with Crippen molar-refractivity contribution in [1.82, 2.24) is 14.7 Å². The molecule has 0 bridgehead atoms. The maximum Gasteiger partial charge on any atom is 0.227 e. The third-order valence-corrected chi connectivity index (χ3v) is 6.60. The fraction of sp³-hybridized carbons (Fsp3) is 0.714. The van der Waals surface area contributed by atoms with E-state index in [4.69, 9.17) is 4.42 Å². The first-order valence-electron chi connectivity index (χ1n) is 10.4. The molecule has 0 saturated carbocycles. The Bertz CT molecular complexity index is 658.